The van der Waals surface area contributed by atoms with E-state index >= 15 is 0 Å². The zero-order chi connectivity index (χ0) is 17.7. The summed E-state index contributed by atoms with van der Waals surface area (Å²) in [7, 11) is 0.815. The predicted octanol–water partition coefficient (Wildman–Crippen LogP) is 3.58. The maximum absolute atomic E-state index is 11.9. The molecular weight excluding hydrogens is 326 g/mol. The van der Waals surface area contributed by atoms with Crippen molar-refractivity contribution in [2.75, 3.05) is 7.11 Å². The fourth-order valence-corrected chi connectivity index (χ4v) is 3.09. The van der Waals surface area contributed by atoms with Crippen molar-refractivity contribution in [1.82, 2.24) is 0 Å². The standard InChI is InChI=1S/C18H20BClO4/c1-17(2)18(3,4)24-19(23-17)14-10-9-11-12(15(14)20)7-6-8-13(11)16(21)22-5/h6-10H,1-5H3. The average molecular weight is 347 g/mol. The smallest absolute Gasteiger partial charge is 0.465 e. The summed E-state index contributed by atoms with van der Waals surface area (Å²) in [5.41, 5.74) is 0.357. The van der Waals surface area contributed by atoms with Crippen molar-refractivity contribution in [2.45, 2.75) is 38.9 Å². The Morgan fingerprint density at radius 1 is 1.04 bits per heavy atom. The SMILES string of the molecule is COC(=O)c1cccc2c(Cl)c(B3OC(C)(C)C(C)(C)O3)ccc12. The van der Waals surface area contributed by atoms with Crippen LogP contribution in [-0.4, -0.2) is 31.4 Å². The van der Waals surface area contributed by atoms with Gasteiger partial charge in [-0.2, -0.15) is 0 Å². The largest absolute Gasteiger partial charge is 0.496 e. The fourth-order valence-electron chi connectivity index (χ4n) is 2.78. The topological polar surface area (TPSA) is 44.8 Å². The molecule has 0 amide bonds. The lowest BCUT2D eigenvalue weighted by Gasteiger charge is -2.32. The van der Waals surface area contributed by atoms with E-state index in [1.807, 2.05) is 45.9 Å². The summed E-state index contributed by atoms with van der Waals surface area (Å²) in [4.78, 5) is 11.9. The number of benzene rings is 2. The Morgan fingerprint density at radius 3 is 2.25 bits per heavy atom. The highest BCUT2D eigenvalue weighted by Crippen LogP contribution is 2.37. The van der Waals surface area contributed by atoms with Gasteiger partial charge in [0.15, 0.2) is 0 Å². The van der Waals surface area contributed by atoms with Crippen LogP contribution in [0, 0.1) is 0 Å². The molecule has 0 bridgehead atoms. The normalized spacial score (nSPS) is 18.8. The van der Waals surface area contributed by atoms with Crippen LogP contribution in [0.2, 0.25) is 5.02 Å². The van der Waals surface area contributed by atoms with E-state index in [1.165, 1.54) is 7.11 Å². The minimum atomic E-state index is -0.548. The van der Waals surface area contributed by atoms with Crippen LogP contribution in [0.25, 0.3) is 10.8 Å². The third-order valence-corrected chi connectivity index (χ3v) is 5.36. The third-order valence-electron chi connectivity index (χ3n) is 4.94. The number of hydrogen-bond acceptors (Lipinski definition) is 4. The summed E-state index contributed by atoms with van der Waals surface area (Å²) >= 11 is 6.62. The molecule has 1 aliphatic rings. The van der Waals surface area contributed by atoms with Gasteiger partial charge < -0.3 is 14.0 Å². The second-order valence-corrected chi connectivity index (χ2v) is 7.33. The van der Waals surface area contributed by atoms with Crippen LogP contribution in [0.5, 0.6) is 0 Å². The second kappa shape index (κ2) is 5.76. The Morgan fingerprint density at radius 2 is 1.67 bits per heavy atom. The molecule has 4 nitrogen and oxygen atoms in total. The molecule has 24 heavy (non-hydrogen) atoms. The van der Waals surface area contributed by atoms with Crippen LogP contribution in [0.1, 0.15) is 38.1 Å². The van der Waals surface area contributed by atoms with E-state index in [4.69, 9.17) is 25.6 Å². The molecule has 0 saturated carbocycles. The molecule has 0 spiro atoms. The highest BCUT2D eigenvalue weighted by molar-refractivity contribution is 6.66. The monoisotopic (exact) mass is 346 g/mol. The molecule has 0 unspecified atom stereocenters. The molecule has 0 atom stereocenters. The van der Waals surface area contributed by atoms with Gasteiger partial charge in [0.2, 0.25) is 0 Å². The Bertz CT molecular complexity index is 800. The number of rotatable bonds is 2. The van der Waals surface area contributed by atoms with Gasteiger partial charge in [-0.25, -0.2) is 4.79 Å². The van der Waals surface area contributed by atoms with E-state index in [2.05, 4.69) is 0 Å². The maximum Gasteiger partial charge on any atom is 0.496 e. The minimum Gasteiger partial charge on any atom is -0.465 e. The van der Waals surface area contributed by atoms with Crippen LogP contribution in [-0.2, 0) is 14.0 Å². The second-order valence-electron chi connectivity index (χ2n) is 6.95. The van der Waals surface area contributed by atoms with Crippen LogP contribution < -0.4 is 5.46 Å². The molecule has 1 aliphatic heterocycles. The van der Waals surface area contributed by atoms with Crippen LogP contribution in [0.4, 0.5) is 0 Å². The fraction of sp³-hybridized carbons (Fsp3) is 0.389. The molecule has 0 radical (unpaired) electrons. The van der Waals surface area contributed by atoms with E-state index in [0.717, 1.165) is 16.2 Å². The van der Waals surface area contributed by atoms with Gasteiger partial charge in [-0.05, 0) is 39.1 Å². The Kier molecular flexibility index (Phi) is 4.15. The predicted molar refractivity (Wildman–Crippen MR) is 96.0 cm³/mol. The summed E-state index contributed by atoms with van der Waals surface area (Å²) < 4.78 is 17.0. The van der Waals surface area contributed by atoms with Crippen molar-refractivity contribution in [3.8, 4) is 0 Å². The van der Waals surface area contributed by atoms with Crippen LogP contribution >= 0.6 is 11.6 Å². The first-order chi connectivity index (χ1) is 11.2. The first-order valence-electron chi connectivity index (χ1n) is 7.83. The molecule has 2 aromatic carbocycles. The lowest BCUT2D eigenvalue weighted by molar-refractivity contribution is 0.00578. The lowest BCUT2D eigenvalue weighted by Crippen LogP contribution is -2.41. The molecule has 6 heteroatoms. The van der Waals surface area contributed by atoms with Gasteiger partial charge in [0.05, 0.1) is 23.9 Å². The lowest BCUT2D eigenvalue weighted by atomic mass is 9.78. The number of ether oxygens (including phenoxy) is 1. The van der Waals surface area contributed by atoms with Crippen molar-refractivity contribution < 1.29 is 18.8 Å². The van der Waals surface area contributed by atoms with Crippen molar-refractivity contribution in [1.29, 1.82) is 0 Å². The summed E-state index contributed by atoms with van der Waals surface area (Å²) in [6, 6.07) is 9.08. The Hall–Kier alpha value is -1.56. The summed E-state index contributed by atoms with van der Waals surface area (Å²) in [5.74, 6) is -0.389. The van der Waals surface area contributed by atoms with Crippen molar-refractivity contribution >= 4 is 40.9 Å². The number of halogens is 1. The third kappa shape index (κ3) is 2.61. The molecule has 3 rings (SSSR count). The molecule has 0 aliphatic carbocycles. The van der Waals surface area contributed by atoms with E-state index < -0.39 is 18.3 Å². The highest BCUT2D eigenvalue weighted by Gasteiger charge is 2.52. The van der Waals surface area contributed by atoms with Gasteiger partial charge in [0, 0.05) is 15.9 Å². The van der Waals surface area contributed by atoms with Crippen LogP contribution in [0.3, 0.4) is 0 Å². The molecular formula is C18H20BClO4. The van der Waals surface area contributed by atoms with Gasteiger partial charge >= 0.3 is 13.1 Å². The first-order valence-corrected chi connectivity index (χ1v) is 8.21. The van der Waals surface area contributed by atoms with Crippen molar-refractivity contribution in [2.24, 2.45) is 0 Å². The molecule has 126 valence electrons. The van der Waals surface area contributed by atoms with Gasteiger partial charge in [-0.15, -0.1) is 0 Å². The zero-order valence-electron chi connectivity index (χ0n) is 14.5. The quantitative estimate of drug-likeness (QED) is 0.616. The molecule has 2 aromatic rings. The van der Waals surface area contributed by atoms with Crippen molar-refractivity contribution in [3.63, 3.8) is 0 Å². The zero-order valence-corrected chi connectivity index (χ0v) is 15.2. The van der Waals surface area contributed by atoms with Gasteiger partial charge in [0.25, 0.3) is 0 Å². The molecule has 1 saturated heterocycles. The van der Waals surface area contributed by atoms with E-state index in [0.29, 0.717) is 10.6 Å². The number of fused-ring (bicyclic) bond motifs is 1. The summed E-state index contributed by atoms with van der Waals surface area (Å²) in [6.45, 7) is 7.99. The Balaban J connectivity index is 2.10. The number of hydrogen-bond donors (Lipinski definition) is 0. The van der Waals surface area contributed by atoms with E-state index in [9.17, 15) is 4.79 Å². The van der Waals surface area contributed by atoms with Crippen LogP contribution in [0.15, 0.2) is 30.3 Å². The molecule has 1 fully saturated rings. The van der Waals surface area contributed by atoms with Gasteiger partial charge in [0.1, 0.15) is 0 Å². The van der Waals surface area contributed by atoms with Gasteiger partial charge in [-0.3, -0.25) is 0 Å². The van der Waals surface area contributed by atoms with E-state index in [-0.39, 0.29) is 5.97 Å². The average Bonchev–Trinajstić information content (AvgIpc) is 2.74. The highest BCUT2D eigenvalue weighted by atomic mass is 35.5. The summed E-state index contributed by atoms with van der Waals surface area (Å²) in [5, 5.41) is 2.04. The molecule has 0 N–H and O–H groups in total. The minimum absolute atomic E-state index is 0.389. The number of esters is 1. The van der Waals surface area contributed by atoms with Crippen molar-refractivity contribution in [3.05, 3.63) is 40.9 Å². The molecule has 0 aromatic heterocycles. The number of carbonyl (C=O) groups is 1. The molecule has 1 heterocycles. The van der Waals surface area contributed by atoms with Gasteiger partial charge in [-0.1, -0.05) is 35.9 Å². The first kappa shape index (κ1) is 17.3. The van der Waals surface area contributed by atoms with E-state index in [1.54, 1.807) is 12.1 Å². The Labute approximate surface area is 147 Å². The number of methoxy groups -OCH3 is 1. The maximum atomic E-state index is 11.9. The number of carbonyl (C=O) groups excluding carboxylic acids is 1. The summed E-state index contributed by atoms with van der Waals surface area (Å²) in [6.07, 6.45) is 0.